The number of hydrogen-bond acceptors (Lipinski definition) is 7. The molecule has 1 rings (SSSR count). The van der Waals surface area contributed by atoms with Crippen LogP contribution in [0.4, 0.5) is 0 Å². The van der Waals surface area contributed by atoms with E-state index in [1.807, 2.05) is 0 Å². The number of hydrogen-bond donors (Lipinski definition) is 3. The normalized spacial score (nSPS) is 14.8. The zero-order chi connectivity index (χ0) is 40.6. The molecule has 1 atom stereocenters. The smallest absolute Gasteiger partial charge is 0.330 e. The van der Waals surface area contributed by atoms with Gasteiger partial charge in [0.1, 0.15) is 6.04 Å². The number of rotatable bonds is 37. The van der Waals surface area contributed by atoms with E-state index in [2.05, 4.69) is 82.9 Å². The second kappa shape index (κ2) is 39.1. The zero-order valence-electron chi connectivity index (χ0n) is 36.0. The molecule has 9 heteroatoms. The van der Waals surface area contributed by atoms with Crippen LogP contribution in [0.2, 0.25) is 0 Å². The molecular formula is C47H84N4O5. The van der Waals surface area contributed by atoms with E-state index < -0.39 is 12.0 Å². The van der Waals surface area contributed by atoms with Gasteiger partial charge in [0, 0.05) is 45.7 Å². The maximum absolute atomic E-state index is 13.1. The summed E-state index contributed by atoms with van der Waals surface area (Å²) in [5.41, 5.74) is 0. The molecule has 1 aliphatic heterocycles. The fourth-order valence-electron chi connectivity index (χ4n) is 6.71. The summed E-state index contributed by atoms with van der Waals surface area (Å²) in [6.45, 7) is 8.93. The first-order valence-electron chi connectivity index (χ1n) is 22.9. The molecule has 322 valence electrons. The zero-order valence-corrected chi connectivity index (χ0v) is 36.0. The van der Waals surface area contributed by atoms with E-state index in [9.17, 15) is 19.5 Å². The Morgan fingerprint density at radius 3 is 1.57 bits per heavy atom. The molecule has 1 fully saturated rings. The van der Waals surface area contributed by atoms with Crippen molar-refractivity contribution in [1.82, 2.24) is 20.4 Å². The Morgan fingerprint density at radius 2 is 1.05 bits per heavy atom. The number of β-amino-alcohol motifs (C(OH)–C–C–N with tert-alkyl or cyclic N) is 1. The Hall–Kier alpha value is -2.75. The molecule has 0 spiro atoms. The van der Waals surface area contributed by atoms with Crippen LogP contribution in [0.1, 0.15) is 168 Å². The molecule has 0 aromatic carbocycles. The van der Waals surface area contributed by atoms with Crippen LogP contribution in [0.15, 0.2) is 48.6 Å². The Labute approximate surface area is 343 Å². The molecule has 0 unspecified atom stereocenters. The molecule has 2 amide bonds. The highest BCUT2D eigenvalue weighted by Gasteiger charge is 2.24. The lowest BCUT2D eigenvalue weighted by atomic mass is 10.1. The lowest BCUT2D eigenvalue weighted by Gasteiger charge is -2.33. The van der Waals surface area contributed by atoms with E-state index in [1.54, 1.807) is 0 Å². The monoisotopic (exact) mass is 785 g/mol. The van der Waals surface area contributed by atoms with Crippen LogP contribution in [0.3, 0.4) is 0 Å². The van der Waals surface area contributed by atoms with E-state index in [0.717, 1.165) is 103 Å². The van der Waals surface area contributed by atoms with Crippen LogP contribution in [-0.4, -0.2) is 97.8 Å². The number of aliphatic hydroxyl groups is 1. The summed E-state index contributed by atoms with van der Waals surface area (Å²) in [5.74, 6) is -0.842. The third-order valence-electron chi connectivity index (χ3n) is 10.3. The molecule has 0 bridgehead atoms. The van der Waals surface area contributed by atoms with E-state index >= 15 is 0 Å². The number of ether oxygens (including phenoxy) is 1. The number of nitrogens with zero attached hydrogens (tertiary/aromatic N) is 2. The lowest BCUT2D eigenvalue weighted by Crippen LogP contribution is -2.52. The van der Waals surface area contributed by atoms with Gasteiger partial charge in [-0.25, -0.2) is 4.79 Å². The van der Waals surface area contributed by atoms with Crippen molar-refractivity contribution in [3.8, 4) is 0 Å². The minimum Gasteiger partial charge on any atom is -0.464 e. The maximum atomic E-state index is 13.1. The SMILES string of the molecule is CCCCC/C=C\C/C=C\CCCCCCCCOC(=O)[C@H](CNC(=O)CN1CCN(CCO)CC1)NC(=O)CCCCCCC/C=C\C/C=C\CCCCC. The fourth-order valence-corrected chi connectivity index (χ4v) is 6.71. The predicted octanol–water partition coefficient (Wildman–Crippen LogP) is 9.37. The number of amides is 2. The number of esters is 1. The molecule has 56 heavy (non-hydrogen) atoms. The molecule has 1 heterocycles. The van der Waals surface area contributed by atoms with Gasteiger partial charge in [0.05, 0.1) is 19.8 Å². The number of unbranched alkanes of at least 4 members (excludes halogenated alkanes) is 17. The van der Waals surface area contributed by atoms with Crippen LogP contribution in [0.5, 0.6) is 0 Å². The van der Waals surface area contributed by atoms with Crippen molar-refractivity contribution in [3.63, 3.8) is 0 Å². The molecule has 0 aliphatic carbocycles. The minimum atomic E-state index is -0.907. The van der Waals surface area contributed by atoms with E-state index in [0.29, 0.717) is 19.6 Å². The topological polar surface area (TPSA) is 111 Å². The minimum absolute atomic E-state index is 0.0136. The summed E-state index contributed by atoms with van der Waals surface area (Å²) in [5, 5.41) is 14.9. The maximum Gasteiger partial charge on any atom is 0.330 e. The highest BCUT2D eigenvalue weighted by Crippen LogP contribution is 2.11. The molecular weight excluding hydrogens is 701 g/mol. The molecule has 1 aliphatic rings. The van der Waals surface area contributed by atoms with Gasteiger partial charge in [-0.05, 0) is 77.0 Å². The van der Waals surface area contributed by atoms with Crippen LogP contribution >= 0.6 is 0 Å². The van der Waals surface area contributed by atoms with Crippen molar-refractivity contribution in [2.75, 3.05) is 59.0 Å². The molecule has 0 saturated carbocycles. The average Bonchev–Trinajstić information content (AvgIpc) is 3.19. The van der Waals surface area contributed by atoms with Crippen LogP contribution in [0.25, 0.3) is 0 Å². The summed E-state index contributed by atoms with van der Waals surface area (Å²) in [6, 6.07) is -0.907. The number of nitrogens with one attached hydrogen (secondary N) is 2. The first-order chi connectivity index (χ1) is 27.5. The fraction of sp³-hybridized carbons (Fsp3) is 0.766. The average molecular weight is 785 g/mol. The van der Waals surface area contributed by atoms with Gasteiger partial charge in [-0.2, -0.15) is 0 Å². The summed E-state index contributed by atoms with van der Waals surface area (Å²) < 4.78 is 5.61. The van der Waals surface area contributed by atoms with Crippen LogP contribution in [0, 0.1) is 0 Å². The third kappa shape index (κ3) is 32.3. The molecule has 9 nitrogen and oxygen atoms in total. The molecule has 0 aromatic heterocycles. The van der Waals surface area contributed by atoms with Gasteiger partial charge in [0.15, 0.2) is 0 Å². The largest absolute Gasteiger partial charge is 0.464 e. The summed E-state index contributed by atoms with van der Waals surface area (Å²) in [7, 11) is 0. The number of allylic oxidation sites excluding steroid dienone is 8. The second-order valence-corrected chi connectivity index (χ2v) is 15.5. The van der Waals surface area contributed by atoms with E-state index in [-0.39, 0.29) is 31.5 Å². The van der Waals surface area contributed by atoms with E-state index in [4.69, 9.17) is 4.74 Å². The lowest BCUT2D eigenvalue weighted by molar-refractivity contribution is -0.148. The highest BCUT2D eigenvalue weighted by molar-refractivity contribution is 5.85. The molecule has 0 radical (unpaired) electrons. The summed E-state index contributed by atoms with van der Waals surface area (Å²) in [4.78, 5) is 43.0. The highest BCUT2D eigenvalue weighted by atomic mass is 16.5. The molecule has 0 aromatic rings. The molecule has 3 N–H and O–H groups in total. The quantitative estimate of drug-likeness (QED) is 0.0327. The van der Waals surface area contributed by atoms with Gasteiger partial charge in [-0.3, -0.25) is 19.4 Å². The number of aliphatic hydroxyl groups excluding tert-OH is 1. The van der Waals surface area contributed by atoms with Gasteiger partial charge in [-0.1, -0.05) is 133 Å². The third-order valence-corrected chi connectivity index (χ3v) is 10.3. The van der Waals surface area contributed by atoms with Gasteiger partial charge < -0.3 is 20.5 Å². The van der Waals surface area contributed by atoms with Crippen molar-refractivity contribution in [3.05, 3.63) is 48.6 Å². The first kappa shape index (κ1) is 51.3. The Kier molecular flexibility index (Phi) is 35.8. The van der Waals surface area contributed by atoms with Gasteiger partial charge >= 0.3 is 5.97 Å². The number of piperazine rings is 1. The summed E-state index contributed by atoms with van der Waals surface area (Å²) in [6.07, 6.45) is 44.6. The first-order valence-corrected chi connectivity index (χ1v) is 22.9. The van der Waals surface area contributed by atoms with Crippen LogP contribution < -0.4 is 10.6 Å². The predicted molar refractivity (Wildman–Crippen MR) is 235 cm³/mol. The Bertz CT molecular complexity index is 1070. The summed E-state index contributed by atoms with van der Waals surface area (Å²) >= 11 is 0. The van der Waals surface area contributed by atoms with Crippen molar-refractivity contribution in [2.24, 2.45) is 0 Å². The van der Waals surface area contributed by atoms with Crippen molar-refractivity contribution < 1.29 is 24.2 Å². The van der Waals surface area contributed by atoms with Gasteiger partial charge in [0.2, 0.25) is 11.8 Å². The van der Waals surface area contributed by atoms with Gasteiger partial charge in [0.25, 0.3) is 0 Å². The van der Waals surface area contributed by atoms with Crippen molar-refractivity contribution in [2.45, 2.75) is 174 Å². The molecule has 1 saturated heterocycles. The van der Waals surface area contributed by atoms with Crippen molar-refractivity contribution in [1.29, 1.82) is 0 Å². The standard InChI is InChI=1S/C47H84N4O5/c1-3-5-7-9-11-13-15-17-19-21-23-25-27-29-31-33-41-56-47(55)44(42-48-46(54)43-51-37-35-50(36-38-51)39-40-52)49-45(53)34-32-30-28-26-24-22-20-18-16-14-12-10-8-6-4-2/h11-14,17-20,44,52H,3-10,15-16,21-43H2,1-2H3,(H,48,54)(H,49,53)/b13-11-,14-12-,19-17-,20-18-/t44-/m0/s1. The van der Waals surface area contributed by atoms with E-state index in [1.165, 1.54) is 70.6 Å². The van der Waals surface area contributed by atoms with Crippen molar-refractivity contribution >= 4 is 17.8 Å². The Morgan fingerprint density at radius 1 is 0.589 bits per heavy atom. The van der Waals surface area contributed by atoms with Gasteiger partial charge in [-0.15, -0.1) is 0 Å². The number of carbonyl (C=O) groups is 3. The number of carbonyl (C=O) groups excluding carboxylic acids is 3. The Balaban J connectivity index is 2.33. The van der Waals surface area contributed by atoms with Crippen LogP contribution in [-0.2, 0) is 19.1 Å². The second-order valence-electron chi connectivity index (χ2n) is 15.5.